The molecule has 0 aliphatic rings. The maximum Gasteiger partial charge on any atom is 0.272 e. The van der Waals surface area contributed by atoms with Crippen LogP contribution in [0.3, 0.4) is 0 Å². The molecule has 0 spiro atoms. The van der Waals surface area contributed by atoms with Crippen LogP contribution in [0.2, 0.25) is 0 Å². The zero-order chi connectivity index (χ0) is 19.3. The largest absolute Gasteiger partial charge is 0.272 e. The molecule has 6 nitrogen and oxygen atoms in total. The molecule has 0 fully saturated rings. The first kappa shape index (κ1) is 19.6. The fourth-order valence-electron chi connectivity index (χ4n) is 3.24. The minimum absolute atomic E-state index is 0.00261. The van der Waals surface area contributed by atoms with Crippen molar-refractivity contribution >= 4 is 11.4 Å². The molecule has 0 N–H and O–H groups in total. The van der Waals surface area contributed by atoms with E-state index in [1.54, 1.807) is 24.3 Å². The predicted molar refractivity (Wildman–Crippen MR) is 102 cm³/mol. The Morgan fingerprint density at radius 3 is 1.50 bits per heavy atom. The number of hydrogen-bond acceptors (Lipinski definition) is 4. The summed E-state index contributed by atoms with van der Waals surface area (Å²) in [6.45, 7) is 6.01. The zero-order valence-electron chi connectivity index (χ0n) is 15.4. The van der Waals surface area contributed by atoms with E-state index in [4.69, 9.17) is 0 Å². The number of nitrogens with zero attached hydrogens (tertiary/aromatic N) is 2. The van der Waals surface area contributed by atoms with Gasteiger partial charge in [-0.2, -0.15) is 0 Å². The third-order valence-corrected chi connectivity index (χ3v) is 4.64. The Balaban J connectivity index is 2.43. The van der Waals surface area contributed by atoms with Gasteiger partial charge >= 0.3 is 0 Å². The number of nitro benzene ring substituents is 2. The van der Waals surface area contributed by atoms with Gasteiger partial charge in [-0.1, -0.05) is 45.7 Å². The van der Waals surface area contributed by atoms with E-state index >= 15 is 0 Å². The number of benzene rings is 2. The van der Waals surface area contributed by atoms with E-state index in [2.05, 4.69) is 0 Å². The Morgan fingerprint density at radius 2 is 1.19 bits per heavy atom. The molecule has 0 saturated carbocycles. The van der Waals surface area contributed by atoms with Gasteiger partial charge in [0.2, 0.25) is 0 Å². The van der Waals surface area contributed by atoms with Gasteiger partial charge in [0.05, 0.1) is 9.85 Å². The lowest BCUT2D eigenvalue weighted by molar-refractivity contribution is -0.385. The fourth-order valence-corrected chi connectivity index (χ4v) is 3.24. The van der Waals surface area contributed by atoms with Crippen LogP contribution >= 0.6 is 0 Å². The van der Waals surface area contributed by atoms with Crippen LogP contribution in [-0.2, 0) is 12.8 Å². The molecule has 138 valence electrons. The molecule has 2 aromatic carbocycles. The van der Waals surface area contributed by atoms with E-state index in [-0.39, 0.29) is 27.1 Å². The molecule has 2 aromatic rings. The second-order valence-electron chi connectivity index (χ2n) is 6.51. The molecule has 26 heavy (non-hydrogen) atoms. The van der Waals surface area contributed by atoms with E-state index in [1.165, 1.54) is 0 Å². The lowest BCUT2D eigenvalue weighted by Crippen LogP contribution is -2.03. The highest BCUT2D eigenvalue weighted by molar-refractivity contribution is 5.49. The van der Waals surface area contributed by atoms with Gasteiger partial charge in [-0.25, -0.2) is 0 Å². The first-order valence-corrected chi connectivity index (χ1v) is 8.93. The lowest BCUT2D eigenvalue weighted by Gasteiger charge is -2.15. The fraction of sp³-hybridized carbons (Fsp3) is 0.400. The Bertz CT molecular complexity index is 750. The SMILES string of the molecule is CCCc1cc(C(C)c2ccc([N+](=O)[O-])c(CCC)c2)ccc1[N+](=O)[O-]. The van der Waals surface area contributed by atoms with Crippen LogP contribution in [0.25, 0.3) is 0 Å². The number of rotatable bonds is 8. The standard InChI is InChI=1S/C20H24N2O4/c1-4-6-17-12-15(8-10-19(17)21(23)24)14(3)16-9-11-20(22(25)26)18(13-16)7-5-2/h8-14H,4-7H2,1-3H3. The average Bonchev–Trinajstić information content (AvgIpc) is 2.61. The first-order chi connectivity index (χ1) is 12.4. The predicted octanol–water partition coefficient (Wildman–Crippen LogP) is 5.56. The van der Waals surface area contributed by atoms with Crippen LogP contribution in [0.4, 0.5) is 11.4 Å². The Labute approximate surface area is 153 Å². The van der Waals surface area contributed by atoms with Crippen molar-refractivity contribution in [3.8, 4) is 0 Å². The summed E-state index contributed by atoms with van der Waals surface area (Å²) in [5, 5.41) is 22.4. The monoisotopic (exact) mass is 356 g/mol. The van der Waals surface area contributed by atoms with Gasteiger partial charge in [0.25, 0.3) is 11.4 Å². The lowest BCUT2D eigenvalue weighted by atomic mass is 9.89. The van der Waals surface area contributed by atoms with Crippen molar-refractivity contribution in [2.45, 2.75) is 52.4 Å². The van der Waals surface area contributed by atoms with Crippen molar-refractivity contribution in [1.82, 2.24) is 0 Å². The van der Waals surface area contributed by atoms with Gasteiger partial charge in [0, 0.05) is 29.2 Å². The van der Waals surface area contributed by atoms with Crippen molar-refractivity contribution in [3.05, 3.63) is 78.9 Å². The Hall–Kier alpha value is -2.76. The highest BCUT2D eigenvalue weighted by atomic mass is 16.6. The van der Waals surface area contributed by atoms with Crippen LogP contribution < -0.4 is 0 Å². The van der Waals surface area contributed by atoms with Crippen molar-refractivity contribution < 1.29 is 9.85 Å². The summed E-state index contributed by atoms with van der Waals surface area (Å²) in [5.74, 6) is 0.00261. The van der Waals surface area contributed by atoms with Crippen LogP contribution in [0, 0.1) is 20.2 Å². The zero-order valence-corrected chi connectivity index (χ0v) is 15.4. The van der Waals surface area contributed by atoms with Gasteiger partial charge < -0.3 is 0 Å². The van der Waals surface area contributed by atoms with Crippen molar-refractivity contribution in [2.75, 3.05) is 0 Å². The number of nitro groups is 2. The van der Waals surface area contributed by atoms with Gasteiger partial charge in [-0.3, -0.25) is 20.2 Å². The Kier molecular flexibility index (Phi) is 6.44. The van der Waals surface area contributed by atoms with E-state index in [0.29, 0.717) is 12.8 Å². The molecule has 2 rings (SSSR count). The second-order valence-corrected chi connectivity index (χ2v) is 6.51. The highest BCUT2D eigenvalue weighted by Crippen LogP contribution is 2.32. The average molecular weight is 356 g/mol. The van der Waals surface area contributed by atoms with E-state index in [0.717, 1.165) is 35.1 Å². The first-order valence-electron chi connectivity index (χ1n) is 8.93. The van der Waals surface area contributed by atoms with Gasteiger partial charge in [-0.05, 0) is 36.1 Å². The van der Waals surface area contributed by atoms with E-state index < -0.39 is 0 Å². The summed E-state index contributed by atoms with van der Waals surface area (Å²) < 4.78 is 0. The minimum atomic E-state index is -0.343. The quantitative estimate of drug-likeness (QED) is 0.457. The molecule has 0 bridgehead atoms. The molecule has 0 radical (unpaired) electrons. The minimum Gasteiger partial charge on any atom is -0.258 e. The number of aryl methyl sites for hydroxylation is 2. The smallest absolute Gasteiger partial charge is 0.258 e. The van der Waals surface area contributed by atoms with Crippen LogP contribution in [0.5, 0.6) is 0 Å². The molecule has 0 aromatic heterocycles. The third-order valence-electron chi connectivity index (χ3n) is 4.64. The Morgan fingerprint density at radius 1 is 0.808 bits per heavy atom. The summed E-state index contributed by atoms with van der Waals surface area (Å²) >= 11 is 0. The van der Waals surface area contributed by atoms with Crippen molar-refractivity contribution in [1.29, 1.82) is 0 Å². The topological polar surface area (TPSA) is 86.3 Å². The molecule has 0 heterocycles. The molecule has 0 aliphatic carbocycles. The normalized spacial score (nSPS) is 10.9. The third kappa shape index (κ3) is 4.25. The highest BCUT2D eigenvalue weighted by Gasteiger charge is 2.19. The molecule has 0 aliphatic heterocycles. The second kappa shape index (κ2) is 8.56. The molecule has 0 saturated heterocycles. The van der Waals surface area contributed by atoms with Crippen molar-refractivity contribution in [3.63, 3.8) is 0 Å². The van der Waals surface area contributed by atoms with Crippen LogP contribution in [0.15, 0.2) is 36.4 Å². The molecule has 0 atom stereocenters. The molecular weight excluding hydrogens is 332 g/mol. The maximum absolute atomic E-state index is 11.2. The number of hydrogen-bond donors (Lipinski definition) is 0. The van der Waals surface area contributed by atoms with E-state index in [1.807, 2.05) is 32.9 Å². The summed E-state index contributed by atoms with van der Waals surface area (Å²) in [6.07, 6.45) is 2.96. The summed E-state index contributed by atoms with van der Waals surface area (Å²) in [6, 6.07) is 10.5. The summed E-state index contributed by atoms with van der Waals surface area (Å²) in [5.41, 5.74) is 3.73. The van der Waals surface area contributed by atoms with Gasteiger partial charge in [-0.15, -0.1) is 0 Å². The molecule has 0 amide bonds. The van der Waals surface area contributed by atoms with Crippen molar-refractivity contribution in [2.24, 2.45) is 0 Å². The molecule has 0 unspecified atom stereocenters. The van der Waals surface area contributed by atoms with Crippen LogP contribution in [0.1, 0.15) is 61.8 Å². The van der Waals surface area contributed by atoms with Crippen LogP contribution in [-0.4, -0.2) is 9.85 Å². The summed E-state index contributed by atoms with van der Waals surface area (Å²) in [7, 11) is 0. The van der Waals surface area contributed by atoms with E-state index in [9.17, 15) is 20.2 Å². The molecular formula is C20H24N2O4. The maximum atomic E-state index is 11.2. The van der Waals surface area contributed by atoms with Gasteiger partial charge in [0.15, 0.2) is 0 Å². The molecule has 6 heteroatoms. The summed E-state index contributed by atoms with van der Waals surface area (Å²) in [4.78, 5) is 21.7. The van der Waals surface area contributed by atoms with Gasteiger partial charge in [0.1, 0.15) is 0 Å².